The van der Waals surface area contributed by atoms with Crippen LogP contribution in [0.15, 0.2) is 0 Å². The van der Waals surface area contributed by atoms with E-state index in [1.807, 2.05) is 0 Å². The lowest BCUT2D eigenvalue weighted by Crippen LogP contribution is -2.14. The Bertz CT molecular complexity index is 381. The average molecular weight is 251 g/mol. The molecule has 1 fully saturated rings. The first kappa shape index (κ1) is 13.6. The second kappa shape index (κ2) is 6.34. The highest BCUT2D eigenvalue weighted by atomic mass is 16.5. The van der Waals surface area contributed by atoms with E-state index in [1.165, 1.54) is 24.1 Å². The molecule has 0 spiro atoms. The predicted molar refractivity (Wildman–Crippen MR) is 72.7 cm³/mol. The normalized spacial score (nSPS) is 19.6. The fourth-order valence-corrected chi connectivity index (χ4v) is 2.60. The van der Waals surface area contributed by atoms with E-state index in [9.17, 15) is 0 Å². The van der Waals surface area contributed by atoms with Crippen molar-refractivity contribution in [2.75, 3.05) is 13.2 Å². The van der Waals surface area contributed by atoms with Gasteiger partial charge in [0.1, 0.15) is 0 Å². The number of nitrogens with zero attached hydrogens (tertiary/aromatic N) is 2. The lowest BCUT2D eigenvalue weighted by atomic mass is 10.1. The third kappa shape index (κ3) is 3.12. The molecule has 1 unspecified atom stereocenters. The second-order valence-electron chi connectivity index (χ2n) is 5.08. The van der Waals surface area contributed by atoms with Gasteiger partial charge in [-0.15, -0.1) is 0 Å². The van der Waals surface area contributed by atoms with Gasteiger partial charge in [-0.3, -0.25) is 4.68 Å². The van der Waals surface area contributed by atoms with Crippen LogP contribution in [0, 0.1) is 13.8 Å². The molecule has 1 atom stereocenters. The number of nitrogens with one attached hydrogen (secondary N) is 1. The van der Waals surface area contributed by atoms with Crippen molar-refractivity contribution in [3.63, 3.8) is 0 Å². The van der Waals surface area contributed by atoms with Crippen LogP contribution in [0.4, 0.5) is 0 Å². The molecule has 4 heteroatoms. The summed E-state index contributed by atoms with van der Waals surface area (Å²) < 4.78 is 7.81. The Labute approximate surface area is 110 Å². The molecule has 1 aliphatic heterocycles. The van der Waals surface area contributed by atoms with Crippen molar-refractivity contribution in [2.45, 2.75) is 59.2 Å². The largest absolute Gasteiger partial charge is 0.378 e. The molecule has 102 valence electrons. The Hall–Kier alpha value is -0.870. The van der Waals surface area contributed by atoms with Crippen LogP contribution >= 0.6 is 0 Å². The molecule has 18 heavy (non-hydrogen) atoms. The number of rotatable bonds is 6. The highest BCUT2D eigenvalue weighted by molar-refractivity contribution is 5.24. The minimum absolute atomic E-state index is 0.450. The van der Waals surface area contributed by atoms with Crippen LogP contribution in [-0.4, -0.2) is 29.0 Å². The maximum absolute atomic E-state index is 5.66. The smallest absolute Gasteiger partial charge is 0.0641 e. The molecule has 1 aliphatic rings. The van der Waals surface area contributed by atoms with Gasteiger partial charge in [0.2, 0.25) is 0 Å². The van der Waals surface area contributed by atoms with E-state index < -0.39 is 0 Å². The van der Waals surface area contributed by atoms with Crippen molar-refractivity contribution >= 4 is 0 Å². The van der Waals surface area contributed by atoms with E-state index in [1.54, 1.807) is 0 Å². The molecule has 0 amide bonds. The van der Waals surface area contributed by atoms with E-state index in [-0.39, 0.29) is 0 Å². The van der Waals surface area contributed by atoms with E-state index >= 15 is 0 Å². The van der Waals surface area contributed by atoms with Gasteiger partial charge in [0.15, 0.2) is 0 Å². The van der Waals surface area contributed by atoms with Crippen molar-refractivity contribution in [1.29, 1.82) is 0 Å². The highest BCUT2D eigenvalue weighted by Crippen LogP contribution is 2.18. The molecule has 0 aliphatic carbocycles. The summed E-state index contributed by atoms with van der Waals surface area (Å²) in [7, 11) is 0. The Morgan fingerprint density at radius 3 is 2.94 bits per heavy atom. The zero-order valence-corrected chi connectivity index (χ0v) is 11.8. The van der Waals surface area contributed by atoms with Crippen molar-refractivity contribution in [3.05, 3.63) is 17.0 Å². The van der Waals surface area contributed by atoms with Gasteiger partial charge < -0.3 is 10.1 Å². The van der Waals surface area contributed by atoms with E-state index in [4.69, 9.17) is 4.74 Å². The molecule has 1 N–H and O–H groups in total. The molecule has 2 rings (SSSR count). The third-order valence-corrected chi connectivity index (χ3v) is 3.77. The summed E-state index contributed by atoms with van der Waals surface area (Å²) in [6.45, 7) is 10.2. The summed E-state index contributed by atoms with van der Waals surface area (Å²) in [5.74, 6) is 0. The first-order chi connectivity index (χ1) is 8.72. The van der Waals surface area contributed by atoms with Gasteiger partial charge in [-0.2, -0.15) is 5.10 Å². The second-order valence-corrected chi connectivity index (χ2v) is 5.08. The quantitative estimate of drug-likeness (QED) is 0.842. The van der Waals surface area contributed by atoms with E-state index in [0.717, 1.165) is 38.4 Å². The Balaban J connectivity index is 1.95. The highest BCUT2D eigenvalue weighted by Gasteiger charge is 2.17. The Kier molecular flexibility index (Phi) is 4.78. The first-order valence-corrected chi connectivity index (χ1v) is 7.07. The molecule has 0 aromatic carbocycles. The molecule has 1 saturated heterocycles. The fraction of sp³-hybridized carbons (Fsp3) is 0.786. The number of aromatic nitrogens is 2. The monoisotopic (exact) mass is 251 g/mol. The van der Waals surface area contributed by atoms with Crippen molar-refractivity contribution in [3.8, 4) is 0 Å². The van der Waals surface area contributed by atoms with E-state index in [2.05, 4.69) is 35.9 Å². The molecule has 2 heterocycles. The van der Waals surface area contributed by atoms with Gasteiger partial charge in [0, 0.05) is 31.0 Å². The summed E-state index contributed by atoms with van der Waals surface area (Å²) in [5, 5.41) is 8.02. The number of aryl methyl sites for hydroxylation is 2. The third-order valence-electron chi connectivity index (χ3n) is 3.77. The topological polar surface area (TPSA) is 39.1 Å². The molecule has 1 aromatic heterocycles. The lowest BCUT2D eigenvalue weighted by Gasteiger charge is -2.10. The zero-order chi connectivity index (χ0) is 13.0. The van der Waals surface area contributed by atoms with Crippen molar-refractivity contribution < 1.29 is 4.74 Å². The average Bonchev–Trinajstić information content (AvgIpc) is 2.95. The van der Waals surface area contributed by atoms with Gasteiger partial charge >= 0.3 is 0 Å². The minimum atomic E-state index is 0.450. The summed E-state index contributed by atoms with van der Waals surface area (Å²) in [5.41, 5.74) is 3.80. The summed E-state index contributed by atoms with van der Waals surface area (Å²) >= 11 is 0. The van der Waals surface area contributed by atoms with Crippen LogP contribution in [0.3, 0.4) is 0 Å². The van der Waals surface area contributed by atoms with Crippen molar-refractivity contribution in [2.24, 2.45) is 0 Å². The maximum atomic E-state index is 5.66. The Morgan fingerprint density at radius 2 is 2.28 bits per heavy atom. The van der Waals surface area contributed by atoms with Gasteiger partial charge in [0.25, 0.3) is 0 Å². The first-order valence-electron chi connectivity index (χ1n) is 7.07. The molecular formula is C14H25N3O. The predicted octanol–water partition coefficient (Wildman–Crippen LogP) is 2.18. The number of hydrogen-bond acceptors (Lipinski definition) is 3. The molecule has 4 nitrogen and oxygen atoms in total. The minimum Gasteiger partial charge on any atom is -0.378 e. The zero-order valence-electron chi connectivity index (χ0n) is 11.8. The van der Waals surface area contributed by atoms with Crippen LogP contribution < -0.4 is 5.32 Å². The molecule has 0 saturated carbocycles. The van der Waals surface area contributed by atoms with Crippen LogP contribution in [0.5, 0.6) is 0 Å². The van der Waals surface area contributed by atoms with Gasteiger partial charge in [0.05, 0.1) is 11.8 Å². The summed E-state index contributed by atoms with van der Waals surface area (Å²) in [4.78, 5) is 0. The number of hydrogen-bond donors (Lipinski definition) is 1. The number of ether oxygens (including phenoxy) is 1. The molecule has 0 radical (unpaired) electrons. The SMILES string of the molecule is CCNCc1c(C)nn(CCC2CCCO2)c1C. The maximum Gasteiger partial charge on any atom is 0.0641 e. The Morgan fingerprint density at radius 1 is 1.44 bits per heavy atom. The van der Waals surface area contributed by atoms with Crippen LogP contribution in [-0.2, 0) is 17.8 Å². The van der Waals surface area contributed by atoms with Crippen LogP contribution in [0.25, 0.3) is 0 Å². The van der Waals surface area contributed by atoms with Gasteiger partial charge in [-0.25, -0.2) is 0 Å². The summed E-state index contributed by atoms with van der Waals surface area (Å²) in [6.07, 6.45) is 3.96. The van der Waals surface area contributed by atoms with Crippen LogP contribution in [0.2, 0.25) is 0 Å². The van der Waals surface area contributed by atoms with Crippen molar-refractivity contribution in [1.82, 2.24) is 15.1 Å². The van der Waals surface area contributed by atoms with E-state index in [0.29, 0.717) is 6.10 Å². The lowest BCUT2D eigenvalue weighted by molar-refractivity contribution is 0.0992. The molecule has 1 aromatic rings. The molecular weight excluding hydrogens is 226 g/mol. The van der Waals surface area contributed by atoms with Gasteiger partial charge in [-0.05, 0) is 39.7 Å². The van der Waals surface area contributed by atoms with Gasteiger partial charge in [-0.1, -0.05) is 6.92 Å². The summed E-state index contributed by atoms with van der Waals surface area (Å²) in [6, 6.07) is 0. The van der Waals surface area contributed by atoms with Crippen LogP contribution in [0.1, 0.15) is 43.1 Å². The standard InChI is InChI=1S/C14H25N3O/c1-4-15-10-14-11(2)16-17(12(14)3)8-7-13-6-5-9-18-13/h13,15H,4-10H2,1-3H3. The molecule has 0 bridgehead atoms. The fourth-order valence-electron chi connectivity index (χ4n) is 2.60.